The summed E-state index contributed by atoms with van der Waals surface area (Å²) in [4.78, 5) is 25.6. The van der Waals surface area contributed by atoms with Crippen molar-refractivity contribution in [3.05, 3.63) is 74.7 Å². The van der Waals surface area contributed by atoms with Crippen LogP contribution in [0.1, 0.15) is 34.7 Å². The summed E-state index contributed by atoms with van der Waals surface area (Å²) in [6, 6.07) is 13.4. The van der Waals surface area contributed by atoms with Gasteiger partial charge in [-0.05, 0) is 74.1 Å². The molecule has 0 N–H and O–H groups in total. The maximum Gasteiger partial charge on any atom is 0.267 e. The topological polar surface area (TPSA) is 92.3 Å². The summed E-state index contributed by atoms with van der Waals surface area (Å²) in [5.41, 5.74) is 3.71. The number of methoxy groups -OCH3 is 2. The van der Waals surface area contributed by atoms with Crippen LogP contribution in [-0.4, -0.2) is 33.9 Å². The molecule has 0 fully saturated rings. The number of hydrogen-bond acceptors (Lipinski definition) is 9. The fraction of sp³-hybridized carbons (Fsp3) is 0.286. The van der Waals surface area contributed by atoms with Crippen LogP contribution in [0.15, 0.2) is 56.9 Å². The summed E-state index contributed by atoms with van der Waals surface area (Å²) in [5.74, 6) is 2.47. The number of rotatable bonds is 7. The largest absolute Gasteiger partial charge is 0.497 e. The van der Waals surface area contributed by atoms with E-state index in [0.29, 0.717) is 39.7 Å². The van der Waals surface area contributed by atoms with Gasteiger partial charge in [-0.25, -0.2) is 4.98 Å². The summed E-state index contributed by atoms with van der Waals surface area (Å²) in [5, 5.41) is 5.53. The Morgan fingerprint density at radius 2 is 1.95 bits per heavy atom. The molecule has 0 saturated carbocycles. The van der Waals surface area contributed by atoms with Crippen molar-refractivity contribution in [1.82, 2.24) is 19.7 Å². The number of aromatic nitrogens is 4. The molecule has 0 spiro atoms. The Balaban J connectivity index is 1.38. The van der Waals surface area contributed by atoms with Crippen LogP contribution in [0.2, 0.25) is 0 Å². The average Bonchev–Trinajstić information content (AvgIpc) is 3.56. The number of thiophene rings is 1. The Hall–Kier alpha value is -3.63. The van der Waals surface area contributed by atoms with Crippen molar-refractivity contribution in [1.29, 1.82) is 0 Å². The first-order chi connectivity index (χ1) is 18.6. The smallest absolute Gasteiger partial charge is 0.267 e. The van der Waals surface area contributed by atoms with E-state index in [-0.39, 0.29) is 5.56 Å². The third-order valence-corrected chi connectivity index (χ3v) is 8.77. The number of ether oxygens (including phenoxy) is 2. The van der Waals surface area contributed by atoms with Crippen LogP contribution in [0.25, 0.3) is 27.3 Å². The Bertz CT molecular complexity index is 1710. The minimum Gasteiger partial charge on any atom is -0.497 e. The quantitative estimate of drug-likeness (QED) is 0.181. The van der Waals surface area contributed by atoms with Gasteiger partial charge in [0.1, 0.15) is 16.3 Å². The number of hydrogen-bond donors (Lipinski definition) is 0. The van der Waals surface area contributed by atoms with Gasteiger partial charge in [0.15, 0.2) is 5.16 Å². The summed E-state index contributed by atoms with van der Waals surface area (Å²) in [6.07, 6.45) is 4.22. The zero-order valence-electron chi connectivity index (χ0n) is 21.3. The van der Waals surface area contributed by atoms with Gasteiger partial charge in [0, 0.05) is 4.88 Å². The van der Waals surface area contributed by atoms with Gasteiger partial charge in [-0.1, -0.05) is 29.1 Å². The summed E-state index contributed by atoms with van der Waals surface area (Å²) < 4.78 is 18.1. The number of nitrogens with zero attached hydrogens (tertiary/aromatic N) is 4. The van der Waals surface area contributed by atoms with Gasteiger partial charge in [0.2, 0.25) is 11.7 Å². The maximum absolute atomic E-state index is 14.0. The number of thioether (sulfide) groups is 1. The molecule has 0 saturated heterocycles. The molecule has 10 heteroatoms. The molecule has 5 aromatic rings. The van der Waals surface area contributed by atoms with Gasteiger partial charge >= 0.3 is 0 Å². The van der Waals surface area contributed by atoms with Crippen molar-refractivity contribution in [3.8, 4) is 28.6 Å². The summed E-state index contributed by atoms with van der Waals surface area (Å²) >= 11 is 3.06. The van der Waals surface area contributed by atoms with E-state index in [4.69, 9.17) is 19.0 Å². The summed E-state index contributed by atoms with van der Waals surface area (Å²) in [7, 11) is 3.20. The Morgan fingerprint density at radius 3 is 2.76 bits per heavy atom. The molecule has 3 heterocycles. The van der Waals surface area contributed by atoms with E-state index in [0.717, 1.165) is 47.2 Å². The van der Waals surface area contributed by atoms with Gasteiger partial charge in [0.25, 0.3) is 5.56 Å². The van der Waals surface area contributed by atoms with Crippen LogP contribution in [0.4, 0.5) is 0 Å². The van der Waals surface area contributed by atoms with Crippen LogP contribution in [0.5, 0.6) is 11.5 Å². The van der Waals surface area contributed by atoms with Crippen molar-refractivity contribution in [3.63, 3.8) is 0 Å². The van der Waals surface area contributed by atoms with Crippen LogP contribution in [0, 0.1) is 6.92 Å². The monoisotopic (exact) mass is 546 g/mol. The lowest BCUT2D eigenvalue weighted by Crippen LogP contribution is -2.22. The van der Waals surface area contributed by atoms with E-state index in [2.05, 4.69) is 10.1 Å². The molecule has 38 heavy (non-hydrogen) atoms. The van der Waals surface area contributed by atoms with Crippen molar-refractivity contribution >= 4 is 33.3 Å². The second kappa shape index (κ2) is 10.3. The highest BCUT2D eigenvalue weighted by atomic mass is 32.2. The van der Waals surface area contributed by atoms with E-state index in [1.54, 1.807) is 36.2 Å². The van der Waals surface area contributed by atoms with Gasteiger partial charge in [-0.3, -0.25) is 9.36 Å². The molecule has 0 radical (unpaired) electrons. The van der Waals surface area contributed by atoms with Crippen LogP contribution < -0.4 is 15.0 Å². The van der Waals surface area contributed by atoms with Gasteiger partial charge < -0.3 is 14.0 Å². The van der Waals surface area contributed by atoms with Gasteiger partial charge in [-0.15, -0.1) is 11.3 Å². The number of aryl methyl sites for hydroxylation is 3. The molecule has 0 bridgehead atoms. The molecule has 6 rings (SSSR count). The lowest BCUT2D eigenvalue weighted by atomic mass is 9.97. The first kappa shape index (κ1) is 24.7. The van der Waals surface area contributed by atoms with Crippen LogP contribution in [-0.2, 0) is 18.6 Å². The Labute approximate surface area is 227 Å². The molecular formula is C28H26N4O4S2. The zero-order valence-corrected chi connectivity index (χ0v) is 22.9. The SMILES string of the molecule is COc1ccc(OC)c(-c2noc(CSc3nc4sc5c(c4c(=O)n3-c3cccc(C)c3)CCCC5)n2)c1. The molecule has 2 aromatic carbocycles. The van der Waals surface area contributed by atoms with E-state index in [1.807, 2.05) is 43.3 Å². The molecule has 3 aromatic heterocycles. The van der Waals surface area contributed by atoms with Crippen molar-refractivity contribution in [2.75, 3.05) is 14.2 Å². The Kier molecular flexibility index (Phi) is 6.67. The molecule has 8 nitrogen and oxygen atoms in total. The van der Waals surface area contributed by atoms with E-state index >= 15 is 0 Å². The lowest BCUT2D eigenvalue weighted by molar-refractivity contribution is 0.389. The van der Waals surface area contributed by atoms with Crippen LogP contribution >= 0.6 is 23.1 Å². The second-order valence-corrected chi connectivity index (χ2v) is 11.2. The second-order valence-electron chi connectivity index (χ2n) is 9.13. The fourth-order valence-corrected chi connectivity index (χ4v) is 6.97. The maximum atomic E-state index is 14.0. The standard InChI is InChI=1S/C28H26N4O4S2/c1-16-7-6-8-17(13-16)32-27(33)24-19-9-4-5-10-22(19)38-26(24)30-28(32)37-15-23-29-25(31-36-23)20-14-18(34-2)11-12-21(20)35-3/h6-8,11-14H,4-5,9-10,15H2,1-3H3. The molecule has 0 atom stereocenters. The molecule has 1 aliphatic carbocycles. The minimum atomic E-state index is -0.0187. The predicted octanol–water partition coefficient (Wildman–Crippen LogP) is 5.99. The first-order valence-corrected chi connectivity index (χ1v) is 14.2. The van der Waals surface area contributed by atoms with Gasteiger partial charge in [0.05, 0.1) is 36.6 Å². The van der Waals surface area contributed by atoms with Crippen molar-refractivity contribution in [2.24, 2.45) is 0 Å². The molecule has 194 valence electrons. The number of fused-ring (bicyclic) bond motifs is 3. The lowest BCUT2D eigenvalue weighted by Gasteiger charge is -2.13. The highest BCUT2D eigenvalue weighted by molar-refractivity contribution is 7.98. The third-order valence-electron chi connectivity index (χ3n) is 6.66. The molecule has 1 aliphatic rings. The zero-order chi connectivity index (χ0) is 26.2. The third kappa shape index (κ3) is 4.48. The van der Waals surface area contributed by atoms with Crippen molar-refractivity contribution in [2.45, 2.75) is 43.5 Å². The minimum absolute atomic E-state index is 0.0187. The first-order valence-electron chi connectivity index (χ1n) is 12.4. The average molecular weight is 547 g/mol. The molecule has 0 aliphatic heterocycles. The van der Waals surface area contributed by atoms with Gasteiger partial charge in [-0.2, -0.15) is 4.98 Å². The summed E-state index contributed by atoms with van der Waals surface area (Å²) in [6.45, 7) is 2.02. The van der Waals surface area contributed by atoms with E-state index in [1.165, 1.54) is 22.2 Å². The van der Waals surface area contributed by atoms with Crippen LogP contribution in [0.3, 0.4) is 0 Å². The molecule has 0 amide bonds. The molecule has 0 unspecified atom stereocenters. The molecular weight excluding hydrogens is 520 g/mol. The van der Waals surface area contributed by atoms with Crippen molar-refractivity contribution < 1.29 is 14.0 Å². The number of benzene rings is 2. The predicted molar refractivity (Wildman–Crippen MR) is 149 cm³/mol. The normalized spacial score (nSPS) is 13.0. The Morgan fingerprint density at radius 1 is 1.08 bits per heavy atom. The van der Waals surface area contributed by atoms with E-state index < -0.39 is 0 Å². The van der Waals surface area contributed by atoms with E-state index in [9.17, 15) is 4.79 Å². The highest BCUT2D eigenvalue weighted by Gasteiger charge is 2.23. The highest BCUT2D eigenvalue weighted by Crippen LogP contribution is 2.36. The fourth-order valence-electron chi connectivity index (χ4n) is 4.82.